The van der Waals surface area contributed by atoms with Gasteiger partial charge in [0, 0.05) is 12.1 Å². The SMILES string of the molecule is COc1ccc(-n2nnc3cnc(NC4CC(N)C4)nc32)cc1.Cl. The number of rotatable bonds is 4. The van der Waals surface area contributed by atoms with Crippen LogP contribution in [0.1, 0.15) is 12.8 Å². The number of nitrogens with zero attached hydrogens (tertiary/aromatic N) is 5. The van der Waals surface area contributed by atoms with E-state index in [2.05, 4.69) is 25.6 Å². The van der Waals surface area contributed by atoms with Crippen LogP contribution in [0.4, 0.5) is 5.95 Å². The Balaban J connectivity index is 0.00000169. The molecule has 2 heterocycles. The van der Waals surface area contributed by atoms with Crippen molar-refractivity contribution in [2.75, 3.05) is 12.4 Å². The van der Waals surface area contributed by atoms with E-state index in [4.69, 9.17) is 10.5 Å². The summed E-state index contributed by atoms with van der Waals surface area (Å²) in [6.45, 7) is 0. The van der Waals surface area contributed by atoms with Crippen LogP contribution in [0.5, 0.6) is 5.75 Å². The smallest absolute Gasteiger partial charge is 0.225 e. The van der Waals surface area contributed by atoms with E-state index < -0.39 is 0 Å². The molecule has 24 heavy (non-hydrogen) atoms. The predicted octanol–water partition coefficient (Wildman–Crippen LogP) is 1.54. The topological polar surface area (TPSA) is 104 Å². The molecular formula is C15H18ClN7O. The van der Waals surface area contributed by atoms with Crippen LogP contribution >= 0.6 is 12.4 Å². The van der Waals surface area contributed by atoms with E-state index in [1.54, 1.807) is 18.0 Å². The highest BCUT2D eigenvalue weighted by molar-refractivity contribution is 5.85. The maximum Gasteiger partial charge on any atom is 0.225 e. The largest absolute Gasteiger partial charge is 0.497 e. The van der Waals surface area contributed by atoms with Crippen LogP contribution in [0.2, 0.25) is 0 Å². The number of ether oxygens (including phenoxy) is 1. The Morgan fingerprint density at radius 2 is 2.00 bits per heavy atom. The molecule has 9 heteroatoms. The number of hydrogen-bond donors (Lipinski definition) is 2. The fourth-order valence-electron chi connectivity index (χ4n) is 2.66. The average molecular weight is 348 g/mol. The molecule has 2 aromatic heterocycles. The molecule has 0 atom stereocenters. The summed E-state index contributed by atoms with van der Waals surface area (Å²) in [5, 5.41) is 11.6. The Morgan fingerprint density at radius 3 is 2.67 bits per heavy atom. The van der Waals surface area contributed by atoms with Gasteiger partial charge in [-0.1, -0.05) is 5.21 Å². The van der Waals surface area contributed by atoms with Crippen molar-refractivity contribution in [1.82, 2.24) is 25.0 Å². The molecule has 1 aliphatic carbocycles. The van der Waals surface area contributed by atoms with E-state index in [0.717, 1.165) is 24.3 Å². The van der Waals surface area contributed by atoms with Gasteiger partial charge in [0.25, 0.3) is 0 Å². The summed E-state index contributed by atoms with van der Waals surface area (Å²) in [4.78, 5) is 8.83. The quantitative estimate of drug-likeness (QED) is 0.737. The zero-order valence-electron chi connectivity index (χ0n) is 13.1. The van der Waals surface area contributed by atoms with Gasteiger partial charge in [-0.3, -0.25) is 0 Å². The van der Waals surface area contributed by atoms with Crippen molar-refractivity contribution in [3.05, 3.63) is 30.5 Å². The number of benzene rings is 1. The summed E-state index contributed by atoms with van der Waals surface area (Å²) in [6, 6.07) is 8.19. The lowest BCUT2D eigenvalue weighted by Crippen LogP contribution is -2.44. The van der Waals surface area contributed by atoms with Crippen LogP contribution < -0.4 is 15.8 Å². The zero-order valence-corrected chi connectivity index (χ0v) is 13.9. The van der Waals surface area contributed by atoms with Crippen LogP contribution in [0.3, 0.4) is 0 Å². The second kappa shape index (κ2) is 6.58. The van der Waals surface area contributed by atoms with Gasteiger partial charge < -0.3 is 15.8 Å². The van der Waals surface area contributed by atoms with Gasteiger partial charge in [0.2, 0.25) is 5.95 Å². The Hall–Kier alpha value is -2.45. The number of aromatic nitrogens is 5. The maximum atomic E-state index is 5.81. The first kappa shape index (κ1) is 16.4. The number of anilines is 1. The summed E-state index contributed by atoms with van der Waals surface area (Å²) in [5.41, 5.74) is 7.98. The van der Waals surface area contributed by atoms with Crippen molar-refractivity contribution in [2.45, 2.75) is 24.9 Å². The normalized spacial score (nSPS) is 19.4. The van der Waals surface area contributed by atoms with Crippen molar-refractivity contribution in [2.24, 2.45) is 5.73 Å². The molecule has 0 spiro atoms. The fourth-order valence-corrected chi connectivity index (χ4v) is 2.66. The number of nitrogens with one attached hydrogen (secondary N) is 1. The highest BCUT2D eigenvalue weighted by Gasteiger charge is 2.26. The van der Waals surface area contributed by atoms with E-state index in [0.29, 0.717) is 23.2 Å². The first-order chi connectivity index (χ1) is 11.2. The summed E-state index contributed by atoms with van der Waals surface area (Å²) in [5.74, 6) is 1.36. The van der Waals surface area contributed by atoms with E-state index in [1.807, 2.05) is 24.3 Å². The molecule has 0 amide bonds. The molecule has 8 nitrogen and oxygen atoms in total. The third-order valence-corrected chi connectivity index (χ3v) is 4.02. The minimum atomic E-state index is 0. The maximum absolute atomic E-state index is 5.81. The van der Waals surface area contributed by atoms with E-state index in [1.165, 1.54) is 0 Å². The molecule has 0 saturated heterocycles. The number of nitrogens with two attached hydrogens (primary N) is 1. The Kier molecular flexibility index (Phi) is 4.50. The highest BCUT2D eigenvalue weighted by Crippen LogP contribution is 2.22. The lowest BCUT2D eigenvalue weighted by molar-refractivity contribution is 0.372. The number of hydrogen-bond acceptors (Lipinski definition) is 7. The Bertz CT molecular complexity index is 829. The van der Waals surface area contributed by atoms with Gasteiger partial charge in [-0.15, -0.1) is 17.5 Å². The molecule has 1 fully saturated rings. The van der Waals surface area contributed by atoms with Crippen LogP contribution in [0.15, 0.2) is 30.5 Å². The summed E-state index contributed by atoms with van der Waals surface area (Å²) in [6.07, 6.45) is 3.56. The van der Waals surface area contributed by atoms with Gasteiger partial charge in [0.15, 0.2) is 11.2 Å². The Labute approximate surface area is 144 Å². The third kappa shape index (κ3) is 2.98. The van der Waals surface area contributed by atoms with Crippen molar-refractivity contribution in [1.29, 1.82) is 0 Å². The van der Waals surface area contributed by atoms with Crippen molar-refractivity contribution in [3.8, 4) is 11.4 Å². The average Bonchev–Trinajstić information content (AvgIpc) is 2.97. The minimum Gasteiger partial charge on any atom is -0.497 e. The molecule has 4 rings (SSSR count). The molecule has 0 radical (unpaired) electrons. The van der Waals surface area contributed by atoms with Gasteiger partial charge in [0.05, 0.1) is 19.0 Å². The van der Waals surface area contributed by atoms with Crippen molar-refractivity contribution < 1.29 is 4.74 Å². The lowest BCUT2D eigenvalue weighted by Gasteiger charge is -2.32. The van der Waals surface area contributed by atoms with Gasteiger partial charge in [0.1, 0.15) is 5.75 Å². The standard InChI is InChI=1S/C15H17N7O.ClH/c1-23-12-4-2-11(3-5-12)22-14-13(20-21-22)8-17-15(19-14)18-10-6-9(16)7-10;/h2-5,8-10H,6-7,16H2,1H3,(H,17,18,19);1H. The molecule has 1 saturated carbocycles. The zero-order chi connectivity index (χ0) is 15.8. The highest BCUT2D eigenvalue weighted by atomic mass is 35.5. The lowest BCUT2D eigenvalue weighted by atomic mass is 9.88. The second-order valence-electron chi connectivity index (χ2n) is 5.67. The monoisotopic (exact) mass is 347 g/mol. The van der Waals surface area contributed by atoms with Crippen LogP contribution in [0.25, 0.3) is 16.9 Å². The van der Waals surface area contributed by atoms with Crippen molar-refractivity contribution in [3.63, 3.8) is 0 Å². The van der Waals surface area contributed by atoms with Gasteiger partial charge in [-0.25, -0.2) is 4.98 Å². The minimum absolute atomic E-state index is 0. The van der Waals surface area contributed by atoms with E-state index >= 15 is 0 Å². The molecule has 3 N–H and O–H groups in total. The molecule has 0 aliphatic heterocycles. The molecule has 3 aromatic rings. The summed E-state index contributed by atoms with van der Waals surface area (Å²) < 4.78 is 6.86. The molecule has 0 unspecified atom stereocenters. The molecule has 1 aliphatic rings. The van der Waals surface area contributed by atoms with Crippen LogP contribution in [0, 0.1) is 0 Å². The molecule has 0 bridgehead atoms. The second-order valence-corrected chi connectivity index (χ2v) is 5.67. The predicted molar refractivity (Wildman–Crippen MR) is 92.9 cm³/mol. The number of halogens is 1. The molecule has 126 valence electrons. The Morgan fingerprint density at radius 1 is 1.25 bits per heavy atom. The molecule has 1 aromatic carbocycles. The summed E-state index contributed by atoms with van der Waals surface area (Å²) in [7, 11) is 1.64. The summed E-state index contributed by atoms with van der Waals surface area (Å²) >= 11 is 0. The van der Waals surface area contributed by atoms with Crippen LogP contribution in [-0.4, -0.2) is 44.2 Å². The van der Waals surface area contributed by atoms with Gasteiger partial charge in [-0.05, 0) is 37.1 Å². The fraction of sp³-hybridized carbons (Fsp3) is 0.333. The van der Waals surface area contributed by atoms with Crippen LogP contribution in [-0.2, 0) is 0 Å². The first-order valence-electron chi connectivity index (χ1n) is 7.48. The third-order valence-electron chi connectivity index (χ3n) is 4.02. The van der Waals surface area contributed by atoms with E-state index in [-0.39, 0.29) is 18.4 Å². The first-order valence-corrected chi connectivity index (χ1v) is 7.48. The number of methoxy groups -OCH3 is 1. The van der Waals surface area contributed by atoms with Crippen molar-refractivity contribution >= 4 is 29.5 Å². The number of fused-ring (bicyclic) bond motifs is 1. The van der Waals surface area contributed by atoms with Gasteiger partial charge in [-0.2, -0.15) is 9.67 Å². The van der Waals surface area contributed by atoms with E-state index in [9.17, 15) is 0 Å². The molecular weight excluding hydrogens is 330 g/mol. The van der Waals surface area contributed by atoms with Gasteiger partial charge >= 0.3 is 0 Å².